The first-order chi connectivity index (χ1) is 9.08. The van der Waals surface area contributed by atoms with Gasteiger partial charge in [-0.15, -0.1) is 0 Å². The quantitative estimate of drug-likeness (QED) is 0.560. The van der Waals surface area contributed by atoms with E-state index in [2.05, 4.69) is 12.2 Å². The molecule has 0 aromatic heterocycles. The van der Waals surface area contributed by atoms with Crippen molar-refractivity contribution in [3.63, 3.8) is 0 Å². The van der Waals surface area contributed by atoms with E-state index in [0.29, 0.717) is 6.42 Å². The highest BCUT2D eigenvalue weighted by Crippen LogP contribution is 2.23. The van der Waals surface area contributed by atoms with Gasteiger partial charge in [-0.1, -0.05) is 25.5 Å². The molecule has 0 aliphatic carbocycles. The number of benzene rings is 1. The zero-order chi connectivity index (χ0) is 14.3. The summed E-state index contributed by atoms with van der Waals surface area (Å²) in [6.45, 7) is 4.24. The summed E-state index contributed by atoms with van der Waals surface area (Å²) >= 11 is 0. The van der Waals surface area contributed by atoms with Crippen molar-refractivity contribution in [1.82, 2.24) is 5.32 Å². The van der Waals surface area contributed by atoms with Crippen LogP contribution in [0.5, 0.6) is 0 Å². The number of nitro groups is 1. The van der Waals surface area contributed by atoms with E-state index in [1.54, 1.807) is 12.1 Å². The number of nitrogens with one attached hydrogen (secondary N) is 1. The van der Waals surface area contributed by atoms with E-state index in [4.69, 9.17) is 5.11 Å². The molecule has 0 amide bonds. The van der Waals surface area contributed by atoms with Gasteiger partial charge in [-0.25, -0.2) is 0 Å². The van der Waals surface area contributed by atoms with Crippen LogP contribution in [0, 0.1) is 10.1 Å². The molecule has 2 N–H and O–H groups in total. The molecule has 0 heterocycles. The lowest BCUT2D eigenvalue weighted by molar-refractivity contribution is -0.384. The maximum atomic E-state index is 10.8. The largest absolute Gasteiger partial charge is 0.396 e. The van der Waals surface area contributed by atoms with Crippen molar-refractivity contribution in [2.75, 3.05) is 6.61 Å². The Bertz CT molecular complexity index is 409. The van der Waals surface area contributed by atoms with Crippen molar-refractivity contribution in [2.24, 2.45) is 0 Å². The number of nitrogens with zero attached hydrogens (tertiary/aromatic N) is 1. The molecule has 0 saturated carbocycles. The monoisotopic (exact) mass is 266 g/mol. The summed E-state index contributed by atoms with van der Waals surface area (Å²) < 4.78 is 0. The molecule has 1 aromatic rings. The Morgan fingerprint density at radius 1 is 1.42 bits per heavy atom. The lowest BCUT2D eigenvalue weighted by Gasteiger charge is -2.23. The van der Waals surface area contributed by atoms with Crippen molar-refractivity contribution in [3.8, 4) is 0 Å². The van der Waals surface area contributed by atoms with Crippen LogP contribution in [-0.4, -0.2) is 22.7 Å². The number of aliphatic hydroxyl groups excluding tert-OH is 1. The van der Waals surface area contributed by atoms with Crippen LogP contribution in [0.4, 0.5) is 5.69 Å². The minimum Gasteiger partial charge on any atom is -0.396 e. The Labute approximate surface area is 113 Å². The van der Waals surface area contributed by atoms with Crippen molar-refractivity contribution in [1.29, 1.82) is 0 Å². The molecule has 1 aromatic carbocycles. The van der Waals surface area contributed by atoms with E-state index in [0.717, 1.165) is 18.4 Å². The van der Waals surface area contributed by atoms with Crippen LogP contribution in [0.25, 0.3) is 0 Å². The summed E-state index contributed by atoms with van der Waals surface area (Å²) in [6, 6.07) is 7.02. The second-order valence-electron chi connectivity index (χ2n) is 4.77. The topological polar surface area (TPSA) is 75.4 Å². The fraction of sp³-hybridized carbons (Fsp3) is 0.571. The van der Waals surface area contributed by atoms with Crippen molar-refractivity contribution >= 4 is 5.69 Å². The Kier molecular flexibility index (Phi) is 6.45. The van der Waals surface area contributed by atoms with Gasteiger partial charge in [0.1, 0.15) is 0 Å². The van der Waals surface area contributed by atoms with Gasteiger partial charge in [0.25, 0.3) is 5.69 Å². The number of hydrogen-bond acceptors (Lipinski definition) is 4. The van der Waals surface area contributed by atoms with Crippen LogP contribution in [0.1, 0.15) is 44.7 Å². The van der Waals surface area contributed by atoms with Crippen LogP contribution >= 0.6 is 0 Å². The summed E-state index contributed by atoms with van der Waals surface area (Å²) in [5, 5.41) is 23.2. The van der Waals surface area contributed by atoms with Gasteiger partial charge in [0.15, 0.2) is 0 Å². The third-order valence-corrected chi connectivity index (χ3v) is 3.11. The maximum absolute atomic E-state index is 10.8. The molecule has 5 heteroatoms. The van der Waals surface area contributed by atoms with Gasteiger partial charge >= 0.3 is 0 Å². The zero-order valence-corrected chi connectivity index (χ0v) is 11.5. The molecule has 19 heavy (non-hydrogen) atoms. The van der Waals surface area contributed by atoms with Crippen molar-refractivity contribution < 1.29 is 10.0 Å². The maximum Gasteiger partial charge on any atom is 0.269 e. The average molecular weight is 266 g/mol. The average Bonchev–Trinajstić information content (AvgIpc) is 2.38. The molecule has 1 unspecified atom stereocenters. The molecule has 5 nitrogen and oxygen atoms in total. The van der Waals surface area contributed by atoms with Gasteiger partial charge in [-0.3, -0.25) is 10.1 Å². The van der Waals surface area contributed by atoms with E-state index >= 15 is 0 Å². The standard InChI is InChI=1S/C14H22N2O3/c1-3-5-14(15-11(2)8-9-17)12-6-4-7-13(10-12)16(18)19/h4,6-7,10-11,14-15,17H,3,5,8-9H2,1-2H3/t11-,14?/m1/s1. The van der Waals surface area contributed by atoms with Crippen LogP contribution in [-0.2, 0) is 0 Å². The fourth-order valence-corrected chi connectivity index (χ4v) is 2.11. The first kappa shape index (κ1) is 15.6. The smallest absolute Gasteiger partial charge is 0.269 e. The molecule has 1 rings (SSSR count). The molecular weight excluding hydrogens is 244 g/mol. The minimum atomic E-state index is -0.371. The minimum absolute atomic E-state index is 0.0893. The molecule has 0 aliphatic rings. The summed E-state index contributed by atoms with van der Waals surface area (Å²) in [5.74, 6) is 0. The van der Waals surface area contributed by atoms with Gasteiger partial charge < -0.3 is 10.4 Å². The predicted octanol–water partition coefficient (Wildman–Crippen LogP) is 2.80. The number of hydrogen-bond donors (Lipinski definition) is 2. The van der Waals surface area contributed by atoms with Crippen molar-refractivity contribution in [3.05, 3.63) is 39.9 Å². The third kappa shape index (κ3) is 4.96. The van der Waals surface area contributed by atoms with Crippen LogP contribution < -0.4 is 5.32 Å². The normalized spacial score (nSPS) is 14.1. The Morgan fingerprint density at radius 3 is 2.74 bits per heavy atom. The Balaban J connectivity index is 2.85. The molecular formula is C14H22N2O3. The first-order valence-corrected chi connectivity index (χ1v) is 6.69. The van der Waals surface area contributed by atoms with Crippen molar-refractivity contribution in [2.45, 2.75) is 45.2 Å². The molecule has 106 valence electrons. The molecule has 0 spiro atoms. The van der Waals surface area contributed by atoms with E-state index in [9.17, 15) is 10.1 Å². The SMILES string of the molecule is CCCC(N[C@H](C)CCO)c1cccc([N+](=O)[O-])c1. The summed E-state index contributed by atoms with van der Waals surface area (Å²) in [7, 11) is 0. The number of rotatable bonds is 8. The second-order valence-corrected chi connectivity index (χ2v) is 4.77. The second kappa shape index (κ2) is 7.86. The highest BCUT2D eigenvalue weighted by Gasteiger charge is 2.16. The highest BCUT2D eigenvalue weighted by atomic mass is 16.6. The van der Waals surface area contributed by atoms with Gasteiger partial charge in [0.2, 0.25) is 0 Å². The van der Waals surface area contributed by atoms with Gasteiger partial charge in [0.05, 0.1) is 4.92 Å². The molecule has 0 radical (unpaired) electrons. The van der Waals surface area contributed by atoms with E-state index in [-0.39, 0.29) is 29.3 Å². The molecule has 0 fully saturated rings. The molecule has 0 aliphatic heterocycles. The molecule has 0 saturated heterocycles. The van der Waals surface area contributed by atoms with E-state index < -0.39 is 0 Å². The number of non-ortho nitro benzene ring substituents is 1. The first-order valence-electron chi connectivity index (χ1n) is 6.69. The zero-order valence-electron chi connectivity index (χ0n) is 11.5. The van der Waals surface area contributed by atoms with E-state index in [1.165, 1.54) is 6.07 Å². The van der Waals surface area contributed by atoms with E-state index in [1.807, 2.05) is 13.0 Å². The lowest BCUT2D eigenvalue weighted by atomic mass is 10.0. The summed E-state index contributed by atoms with van der Waals surface area (Å²) in [4.78, 5) is 10.4. The summed E-state index contributed by atoms with van der Waals surface area (Å²) in [5.41, 5.74) is 1.05. The summed E-state index contributed by atoms with van der Waals surface area (Å²) in [6.07, 6.45) is 2.58. The number of aliphatic hydroxyl groups is 1. The predicted molar refractivity (Wildman–Crippen MR) is 75.0 cm³/mol. The fourth-order valence-electron chi connectivity index (χ4n) is 2.11. The van der Waals surface area contributed by atoms with Gasteiger partial charge in [0, 0.05) is 30.8 Å². The Morgan fingerprint density at radius 2 is 2.16 bits per heavy atom. The molecule has 0 bridgehead atoms. The highest BCUT2D eigenvalue weighted by molar-refractivity contribution is 5.35. The Hall–Kier alpha value is -1.46. The molecule has 2 atom stereocenters. The van der Waals surface area contributed by atoms with Crippen LogP contribution in [0.15, 0.2) is 24.3 Å². The van der Waals surface area contributed by atoms with Gasteiger partial charge in [-0.2, -0.15) is 0 Å². The lowest BCUT2D eigenvalue weighted by Crippen LogP contribution is -2.31. The van der Waals surface area contributed by atoms with Crippen LogP contribution in [0.3, 0.4) is 0 Å². The van der Waals surface area contributed by atoms with Gasteiger partial charge in [-0.05, 0) is 25.3 Å². The number of nitro benzene ring substituents is 1. The third-order valence-electron chi connectivity index (χ3n) is 3.11. The van der Waals surface area contributed by atoms with Crippen LogP contribution in [0.2, 0.25) is 0 Å².